The number of nitrogens with two attached hydrogens (primary N) is 1. The van der Waals surface area contributed by atoms with Crippen LogP contribution in [-0.4, -0.2) is 48.8 Å². The minimum atomic E-state index is -2.83. The Bertz CT molecular complexity index is 365. The van der Waals surface area contributed by atoms with Gasteiger partial charge in [-0.05, 0) is 13.3 Å². The first-order valence-electron chi connectivity index (χ1n) is 4.73. The van der Waals surface area contributed by atoms with E-state index in [4.69, 9.17) is 11.1 Å². The summed E-state index contributed by atoms with van der Waals surface area (Å²) < 4.78 is 22.9. The Morgan fingerprint density at radius 2 is 2.29 bits per heavy atom. The molecular formula is C8H15N3O2S. The second-order valence-electron chi connectivity index (χ2n) is 4.17. The van der Waals surface area contributed by atoms with Gasteiger partial charge in [-0.25, -0.2) is 8.42 Å². The number of fused-ring (bicyclic) bond motifs is 2. The lowest BCUT2D eigenvalue weighted by Gasteiger charge is -2.31. The summed E-state index contributed by atoms with van der Waals surface area (Å²) in [7, 11) is -2.83. The van der Waals surface area contributed by atoms with Crippen LogP contribution < -0.4 is 5.73 Å². The summed E-state index contributed by atoms with van der Waals surface area (Å²) in [6.07, 6.45) is 0.722. The van der Waals surface area contributed by atoms with E-state index in [1.807, 2.05) is 11.8 Å². The average Bonchev–Trinajstić information content (AvgIpc) is 2.57. The van der Waals surface area contributed by atoms with Crippen molar-refractivity contribution >= 4 is 15.7 Å². The predicted octanol–water partition coefficient (Wildman–Crippen LogP) is -0.818. The van der Waals surface area contributed by atoms with Gasteiger partial charge in [-0.15, -0.1) is 0 Å². The first kappa shape index (κ1) is 9.92. The molecule has 80 valence electrons. The summed E-state index contributed by atoms with van der Waals surface area (Å²) in [5, 5.41) is 7.12. The summed E-state index contributed by atoms with van der Waals surface area (Å²) >= 11 is 0. The van der Waals surface area contributed by atoms with Gasteiger partial charge in [0.05, 0.1) is 17.0 Å². The zero-order valence-corrected chi connectivity index (χ0v) is 8.92. The molecule has 2 aliphatic rings. The predicted molar refractivity (Wildman–Crippen MR) is 54.1 cm³/mol. The highest BCUT2D eigenvalue weighted by molar-refractivity contribution is 7.92. The van der Waals surface area contributed by atoms with E-state index in [1.54, 1.807) is 0 Å². The maximum atomic E-state index is 11.4. The van der Waals surface area contributed by atoms with Crippen LogP contribution in [0.2, 0.25) is 0 Å². The molecule has 2 fully saturated rings. The van der Waals surface area contributed by atoms with Crippen molar-refractivity contribution in [2.45, 2.75) is 30.7 Å². The van der Waals surface area contributed by atoms with Crippen molar-refractivity contribution in [2.75, 3.05) is 12.3 Å². The first-order valence-corrected chi connectivity index (χ1v) is 6.44. The van der Waals surface area contributed by atoms with Gasteiger partial charge in [0, 0.05) is 12.6 Å². The second kappa shape index (κ2) is 2.93. The number of rotatable bonds is 2. The molecule has 0 spiro atoms. The maximum Gasteiger partial charge on any atom is 0.156 e. The van der Waals surface area contributed by atoms with Gasteiger partial charge in [-0.2, -0.15) is 0 Å². The molecule has 2 aliphatic heterocycles. The van der Waals surface area contributed by atoms with E-state index in [-0.39, 0.29) is 28.9 Å². The standard InChI is InChI=1S/C8H15N3O2S/c1-5(8(9)10)11-3-7-2-6(11)4-14(7,12)13/h5-7H,2-4H2,1H3,(H3,9,10). The molecule has 2 bridgehead atoms. The van der Waals surface area contributed by atoms with Crippen LogP contribution in [-0.2, 0) is 9.84 Å². The highest BCUT2D eigenvalue weighted by Gasteiger charge is 2.49. The normalized spacial score (nSPS) is 37.2. The number of hydrogen-bond acceptors (Lipinski definition) is 4. The monoisotopic (exact) mass is 217 g/mol. The molecule has 2 saturated heterocycles. The van der Waals surface area contributed by atoms with E-state index in [1.165, 1.54) is 0 Å². The zero-order valence-electron chi connectivity index (χ0n) is 8.10. The molecule has 0 amide bonds. The van der Waals surface area contributed by atoms with Gasteiger partial charge in [0.15, 0.2) is 9.84 Å². The van der Waals surface area contributed by atoms with E-state index < -0.39 is 9.84 Å². The van der Waals surface area contributed by atoms with Crippen molar-refractivity contribution < 1.29 is 8.42 Å². The van der Waals surface area contributed by atoms with Crippen LogP contribution in [0, 0.1) is 5.41 Å². The molecule has 3 N–H and O–H groups in total. The third-order valence-corrected chi connectivity index (χ3v) is 5.51. The number of amidine groups is 1. The van der Waals surface area contributed by atoms with Crippen LogP contribution in [0.4, 0.5) is 0 Å². The number of likely N-dealkylation sites (tertiary alicyclic amines) is 1. The summed E-state index contributed by atoms with van der Waals surface area (Å²) in [4.78, 5) is 2.04. The van der Waals surface area contributed by atoms with Crippen LogP contribution >= 0.6 is 0 Å². The summed E-state index contributed by atoms with van der Waals surface area (Å²) in [6, 6.07) is -0.0376. The molecule has 2 heterocycles. The molecule has 3 unspecified atom stereocenters. The Labute approximate surface area is 83.7 Å². The summed E-state index contributed by atoms with van der Waals surface area (Å²) in [5.74, 6) is 0.366. The van der Waals surface area contributed by atoms with Gasteiger partial charge < -0.3 is 5.73 Å². The third-order valence-electron chi connectivity index (χ3n) is 3.30. The summed E-state index contributed by atoms with van der Waals surface area (Å²) in [5.41, 5.74) is 5.41. The molecule has 0 aromatic rings. The fraction of sp³-hybridized carbons (Fsp3) is 0.875. The number of hydrogen-bond donors (Lipinski definition) is 2. The van der Waals surface area contributed by atoms with Crippen molar-refractivity contribution in [2.24, 2.45) is 5.73 Å². The van der Waals surface area contributed by atoms with E-state index in [0.717, 1.165) is 6.42 Å². The Balaban J connectivity index is 2.14. The number of sulfone groups is 1. The molecular weight excluding hydrogens is 202 g/mol. The van der Waals surface area contributed by atoms with Gasteiger partial charge >= 0.3 is 0 Å². The highest BCUT2D eigenvalue weighted by Crippen LogP contribution is 2.33. The minimum absolute atomic E-state index is 0.0869. The van der Waals surface area contributed by atoms with Crippen molar-refractivity contribution in [1.82, 2.24) is 4.90 Å². The van der Waals surface area contributed by atoms with E-state index in [0.29, 0.717) is 6.54 Å². The number of nitrogens with one attached hydrogen (secondary N) is 1. The highest BCUT2D eigenvalue weighted by atomic mass is 32.2. The van der Waals surface area contributed by atoms with Gasteiger partial charge in [-0.1, -0.05) is 0 Å². The fourth-order valence-corrected chi connectivity index (χ4v) is 4.43. The van der Waals surface area contributed by atoms with Gasteiger partial charge in [0.25, 0.3) is 0 Å². The van der Waals surface area contributed by atoms with E-state index in [9.17, 15) is 8.42 Å². The molecule has 3 atom stereocenters. The molecule has 0 aliphatic carbocycles. The van der Waals surface area contributed by atoms with Crippen molar-refractivity contribution in [1.29, 1.82) is 5.41 Å². The lowest BCUT2D eigenvalue weighted by molar-refractivity contribution is 0.243. The molecule has 0 saturated carbocycles. The van der Waals surface area contributed by atoms with E-state index in [2.05, 4.69) is 0 Å². The molecule has 2 rings (SSSR count). The maximum absolute atomic E-state index is 11.4. The SMILES string of the molecule is CC(C(=N)N)N1CC2CC1CS2(=O)=O. The molecule has 6 heteroatoms. The molecule has 0 aromatic heterocycles. The van der Waals surface area contributed by atoms with Gasteiger partial charge in [0.1, 0.15) is 5.84 Å². The Morgan fingerprint density at radius 3 is 2.64 bits per heavy atom. The first-order chi connectivity index (χ1) is 6.42. The summed E-state index contributed by atoms with van der Waals surface area (Å²) in [6.45, 7) is 2.41. The van der Waals surface area contributed by atoms with Crippen LogP contribution in [0.15, 0.2) is 0 Å². The van der Waals surface area contributed by atoms with E-state index >= 15 is 0 Å². The molecule has 5 nitrogen and oxygen atoms in total. The smallest absolute Gasteiger partial charge is 0.156 e. The van der Waals surface area contributed by atoms with Crippen molar-refractivity contribution in [3.63, 3.8) is 0 Å². The Morgan fingerprint density at radius 1 is 1.64 bits per heavy atom. The fourth-order valence-electron chi connectivity index (χ4n) is 2.38. The van der Waals surface area contributed by atoms with Crippen LogP contribution in [0.5, 0.6) is 0 Å². The van der Waals surface area contributed by atoms with Gasteiger partial charge in [0.2, 0.25) is 0 Å². The second-order valence-corrected chi connectivity index (χ2v) is 6.49. The quantitative estimate of drug-likeness (QED) is 0.467. The Kier molecular flexibility index (Phi) is 2.08. The number of nitrogens with zero attached hydrogens (tertiary/aromatic N) is 1. The Hall–Kier alpha value is -0.620. The van der Waals surface area contributed by atoms with Crippen molar-refractivity contribution in [3.05, 3.63) is 0 Å². The van der Waals surface area contributed by atoms with Crippen LogP contribution in [0.3, 0.4) is 0 Å². The minimum Gasteiger partial charge on any atom is -0.386 e. The molecule has 0 aromatic carbocycles. The van der Waals surface area contributed by atoms with Crippen LogP contribution in [0.1, 0.15) is 13.3 Å². The largest absolute Gasteiger partial charge is 0.386 e. The van der Waals surface area contributed by atoms with Crippen molar-refractivity contribution in [3.8, 4) is 0 Å². The zero-order chi connectivity index (χ0) is 10.5. The lowest BCUT2D eigenvalue weighted by Crippen LogP contribution is -2.50. The lowest BCUT2D eigenvalue weighted by atomic mass is 10.2. The molecule has 0 radical (unpaired) electrons. The topological polar surface area (TPSA) is 87.2 Å². The van der Waals surface area contributed by atoms with Crippen LogP contribution in [0.25, 0.3) is 0 Å². The third kappa shape index (κ3) is 1.33. The molecule has 14 heavy (non-hydrogen) atoms. The van der Waals surface area contributed by atoms with Gasteiger partial charge in [-0.3, -0.25) is 10.3 Å². The average molecular weight is 217 g/mol.